The normalized spacial score (nSPS) is 15.5. The summed E-state index contributed by atoms with van der Waals surface area (Å²) in [5, 5.41) is 2.16. The van der Waals surface area contributed by atoms with Crippen molar-refractivity contribution in [2.75, 3.05) is 0 Å². The van der Waals surface area contributed by atoms with Gasteiger partial charge in [0.25, 0.3) is 0 Å². The molecular weight excluding hydrogens is 187 g/mol. The van der Waals surface area contributed by atoms with Gasteiger partial charge in [0.05, 0.1) is 0 Å². The highest BCUT2D eigenvalue weighted by Gasteiger charge is 2.02. The average Bonchev–Trinajstić information content (AvgIpc) is 2.41. The van der Waals surface area contributed by atoms with Crippen molar-refractivity contribution in [3.8, 4) is 0 Å². The van der Waals surface area contributed by atoms with Gasteiger partial charge in [-0.3, -0.25) is 0 Å². The molecule has 1 aromatic rings. The molecule has 0 fully saturated rings. The molecule has 1 aliphatic rings. The molecule has 15 heavy (non-hydrogen) atoms. The molecule has 0 aliphatic heterocycles. The maximum atomic E-state index is 13.1. The minimum Gasteiger partial charge on any atom is -0.243 e. The molecule has 0 aromatic heterocycles. The Labute approximate surface area is 90.2 Å². The fourth-order valence-corrected chi connectivity index (χ4v) is 1.66. The summed E-state index contributed by atoms with van der Waals surface area (Å²) in [4.78, 5) is 0. The fourth-order valence-electron chi connectivity index (χ4n) is 1.66. The number of fused-ring (bicyclic) bond motifs is 1. The highest BCUT2D eigenvalue weighted by Crippen LogP contribution is 2.08. The Balaban J connectivity index is 0.00000128. The monoisotopic (exact) mass is 202 g/mol. The molecule has 1 aromatic carbocycles. The molecule has 0 saturated heterocycles. The van der Waals surface area contributed by atoms with Crippen LogP contribution in [0.2, 0.25) is 0 Å². The van der Waals surface area contributed by atoms with Crippen LogP contribution in [0.5, 0.6) is 0 Å². The van der Waals surface area contributed by atoms with Gasteiger partial charge >= 0.3 is 0 Å². The molecule has 0 radical (unpaired) electrons. The lowest BCUT2D eigenvalue weighted by molar-refractivity contribution is 0.418. The number of hydrogen-bond acceptors (Lipinski definition) is 0. The van der Waals surface area contributed by atoms with E-state index in [2.05, 4.69) is 18.7 Å². The van der Waals surface area contributed by atoms with E-state index < -0.39 is 6.17 Å². The first-order valence-corrected chi connectivity index (χ1v) is 5.07. The summed E-state index contributed by atoms with van der Waals surface area (Å²) >= 11 is 0. The Kier molecular flexibility index (Phi) is 2.57. The average molecular weight is 202 g/mol. The maximum absolute atomic E-state index is 13.1. The highest BCUT2D eigenvalue weighted by atomic mass is 19.1. The predicted molar refractivity (Wildman–Crippen MR) is 63.6 cm³/mol. The third-order valence-electron chi connectivity index (χ3n) is 2.62. The van der Waals surface area contributed by atoms with Gasteiger partial charge in [-0.25, -0.2) is 4.39 Å². The Morgan fingerprint density at radius 2 is 2.13 bits per heavy atom. The van der Waals surface area contributed by atoms with Crippen molar-refractivity contribution in [1.29, 1.82) is 0 Å². The third-order valence-corrected chi connectivity index (χ3v) is 2.62. The SMILES string of the molecule is Cc1cccc2c1=CC=C(C(C)F)C=C=2.[HH]. The summed E-state index contributed by atoms with van der Waals surface area (Å²) in [6.45, 7) is 3.59. The number of rotatable bonds is 1. The van der Waals surface area contributed by atoms with Gasteiger partial charge in [-0.2, -0.15) is 0 Å². The van der Waals surface area contributed by atoms with Gasteiger partial charge in [-0.1, -0.05) is 24.3 Å². The summed E-state index contributed by atoms with van der Waals surface area (Å²) in [6.07, 6.45) is 4.58. The molecule has 1 atom stereocenters. The summed E-state index contributed by atoms with van der Waals surface area (Å²) in [5.74, 6) is 0. The molecular formula is C14H15F. The van der Waals surface area contributed by atoms with Crippen LogP contribution < -0.4 is 10.4 Å². The van der Waals surface area contributed by atoms with Crippen LogP contribution in [0.25, 0.3) is 11.8 Å². The van der Waals surface area contributed by atoms with Crippen molar-refractivity contribution in [3.05, 3.63) is 51.9 Å². The Bertz CT molecular complexity index is 561. The van der Waals surface area contributed by atoms with E-state index >= 15 is 0 Å². The standard InChI is InChI=1S/C14H13F.H2/c1-10-4-3-5-13-7-6-12(11(2)15)8-9-14(10)13;/h3-6,8-9,11H,1-2H3;1H. The van der Waals surface area contributed by atoms with E-state index in [1.165, 1.54) is 5.56 Å². The van der Waals surface area contributed by atoms with Crippen molar-refractivity contribution < 1.29 is 5.82 Å². The molecule has 1 heteroatoms. The van der Waals surface area contributed by atoms with Gasteiger partial charge < -0.3 is 0 Å². The molecule has 0 saturated carbocycles. The van der Waals surface area contributed by atoms with Gasteiger partial charge in [0.1, 0.15) is 6.17 Å². The van der Waals surface area contributed by atoms with Gasteiger partial charge in [-0.05, 0) is 42.3 Å². The molecule has 1 unspecified atom stereocenters. The van der Waals surface area contributed by atoms with Crippen LogP contribution in [0.4, 0.5) is 4.39 Å². The zero-order valence-corrected chi connectivity index (χ0v) is 8.92. The van der Waals surface area contributed by atoms with Crippen LogP contribution in [0.1, 0.15) is 13.9 Å². The van der Waals surface area contributed by atoms with E-state index in [1.54, 1.807) is 13.0 Å². The lowest BCUT2D eigenvalue weighted by Crippen LogP contribution is -2.25. The van der Waals surface area contributed by atoms with E-state index in [0.717, 1.165) is 10.4 Å². The summed E-state index contributed by atoms with van der Waals surface area (Å²) in [5.41, 5.74) is 5.00. The number of alkyl halides is 1. The van der Waals surface area contributed by atoms with Gasteiger partial charge in [0.2, 0.25) is 0 Å². The van der Waals surface area contributed by atoms with E-state index in [1.807, 2.05) is 24.3 Å². The van der Waals surface area contributed by atoms with E-state index in [4.69, 9.17) is 0 Å². The Hall–Kier alpha value is -1.59. The van der Waals surface area contributed by atoms with Crippen LogP contribution in [0.15, 0.2) is 35.9 Å². The van der Waals surface area contributed by atoms with Crippen molar-refractivity contribution in [2.24, 2.45) is 0 Å². The first-order chi connectivity index (χ1) is 7.18. The predicted octanol–water partition coefficient (Wildman–Crippen LogP) is 2.26. The number of aryl methyl sites for hydroxylation is 1. The number of allylic oxidation sites excluding steroid dienone is 3. The topological polar surface area (TPSA) is 0 Å². The second kappa shape index (κ2) is 3.88. The third kappa shape index (κ3) is 1.93. The van der Waals surface area contributed by atoms with Crippen LogP contribution >= 0.6 is 0 Å². The lowest BCUT2D eigenvalue weighted by Gasteiger charge is -1.98. The van der Waals surface area contributed by atoms with Crippen LogP contribution in [-0.2, 0) is 0 Å². The lowest BCUT2D eigenvalue weighted by atomic mass is 10.1. The van der Waals surface area contributed by atoms with Crippen molar-refractivity contribution in [2.45, 2.75) is 20.0 Å². The van der Waals surface area contributed by atoms with Crippen LogP contribution in [0.3, 0.4) is 0 Å². The number of hydrogen-bond donors (Lipinski definition) is 0. The molecule has 0 N–H and O–H groups in total. The molecule has 0 spiro atoms. The zero-order valence-electron chi connectivity index (χ0n) is 8.92. The van der Waals surface area contributed by atoms with Gasteiger partial charge in [-0.15, -0.1) is 5.73 Å². The molecule has 0 bridgehead atoms. The molecule has 2 rings (SSSR count). The van der Waals surface area contributed by atoms with Crippen LogP contribution in [-0.4, -0.2) is 6.17 Å². The second-order valence-electron chi connectivity index (χ2n) is 3.77. The van der Waals surface area contributed by atoms with E-state index in [0.29, 0.717) is 5.57 Å². The zero-order chi connectivity index (χ0) is 10.8. The summed E-state index contributed by atoms with van der Waals surface area (Å²) < 4.78 is 13.1. The molecule has 78 valence electrons. The number of benzene rings is 1. The Morgan fingerprint density at radius 3 is 2.87 bits per heavy atom. The highest BCUT2D eigenvalue weighted by molar-refractivity contribution is 5.51. The van der Waals surface area contributed by atoms with Gasteiger partial charge in [0, 0.05) is 6.65 Å². The fraction of sp³-hybridized carbons (Fsp3) is 0.214. The minimum atomic E-state index is -0.941. The summed E-state index contributed by atoms with van der Waals surface area (Å²) in [7, 11) is 0. The smallest absolute Gasteiger partial charge is 0.123 e. The van der Waals surface area contributed by atoms with E-state index in [9.17, 15) is 4.39 Å². The molecule has 0 heterocycles. The van der Waals surface area contributed by atoms with Crippen LogP contribution in [0, 0.1) is 6.92 Å². The molecule has 0 nitrogen and oxygen atoms in total. The van der Waals surface area contributed by atoms with Crippen molar-refractivity contribution >= 4 is 11.8 Å². The van der Waals surface area contributed by atoms with E-state index in [-0.39, 0.29) is 1.43 Å². The number of halogens is 1. The van der Waals surface area contributed by atoms with Crippen molar-refractivity contribution in [1.82, 2.24) is 0 Å². The second-order valence-corrected chi connectivity index (χ2v) is 3.77. The first-order valence-electron chi connectivity index (χ1n) is 5.07. The quantitative estimate of drug-likeness (QED) is 0.655. The van der Waals surface area contributed by atoms with Crippen molar-refractivity contribution in [3.63, 3.8) is 0 Å². The molecule has 0 amide bonds. The maximum Gasteiger partial charge on any atom is 0.123 e. The molecule has 1 aliphatic carbocycles. The minimum absolute atomic E-state index is 0. The van der Waals surface area contributed by atoms with Gasteiger partial charge in [0.15, 0.2) is 0 Å². The summed E-state index contributed by atoms with van der Waals surface area (Å²) in [6, 6.07) is 6.04. The Morgan fingerprint density at radius 1 is 1.33 bits per heavy atom. The largest absolute Gasteiger partial charge is 0.243 e. The first kappa shape index (κ1) is 9.95.